The molecule has 0 spiro atoms. The van der Waals surface area contributed by atoms with Gasteiger partial charge >= 0.3 is 0 Å². The topological polar surface area (TPSA) is 46.3 Å². The minimum Gasteiger partial charge on any atom is -0.338 e. The maximum Gasteiger partial charge on any atom is 0.242 e. The first-order chi connectivity index (χ1) is 7.17. The van der Waals surface area contributed by atoms with Gasteiger partial charge in [-0.3, -0.25) is 4.79 Å². The maximum absolute atomic E-state index is 12.2. The van der Waals surface area contributed by atoms with Crippen LogP contribution in [-0.2, 0) is 4.79 Å². The molecule has 2 rings (SSSR count). The number of likely N-dealkylation sites (N-methyl/N-ethyl adjacent to an activating group) is 1. The van der Waals surface area contributed by atoms with Gasteiger partial charge in [-0.1, -0.05) is 19.3 Å². The average molecular weight is 210 g/mol. The highest BCUT2D eigenvalue weighted by atomic mass is 16.2. The Labute approximate surface area is 92.0 Å². The van der Waals surface area contributed by atoms with Crippen LogP contribution in [0.2, 0.25) is 0 Å². The second-order valence-electron chi connectivity index (χ2n) is 5.04. The molecule has 0 aliphatic heterocycles. The first-order valence-corrected chi connectivity index (χ1v) is 6.27. The zero-order valence-corrected chi connectivity index (χ0v) is 9.67. The predicted molar refractivity (Wildman–Crippen MR) is 60.4 cm³/mol. The molecule has 86 valence electrons. The van der Waals surface area contributed by atoms with Crippen molar-refractivity contribution in [3.63, 3.8) is 0 Å². The minimum atomic E-state index is -0.479. The van der Waals surface area contributed by atoms with Crippen molar-refractivity contribution in [2.24, 2.45) is 5.73 Å². The van der Waals surface area contributed by atoms with Crippen molar-refractivity contribution in [1.82, 2.24) is 4.90 Å². The van der Waals surface area contributed by atoms with E-state index in [-0.39, 0.29) is 5.91 Å². The molecule has 0 aromatic carbocycles. The van der Waals surface area contributed by atoms with E-state index < -0.39 is 5.54 Å². The lowest BCUT2D eigenvalue weighted by Crippen LogP contribution is -2.50. The molecule has 0 aromatic rings. The van der Waals surface area contributed by atoms with Crippen LogP contribution in [0.3, 0.4) is 0 Å². The summed E-state index contributed by atoms with van der Waals surface area (Å²) in [7, 11) is 0. The highest BCUT2D eigenvalue weighted by Crippen LogP contribution is 2.36. The van der Waals surface area contributed by atoms with Crippen LogP contribution in [0.15, 0.2) is 0 Å². The fourth-order valence-corrected chi connectivity index (χ4v) is 2.59. The monoisotopic (exact) mass is 210 g/mol. The summed E-state index contributed by atoms with van der Waals surface area (Å²) in [5.41, 5.74) is 5.50. The van der Waals surface area contributed by atoms with Crippen LogP contribution in [0.1, 0.15) is 51.9 Å². The fraction of sp³-hybridized carbons (Fsp3) is 0.917. The third-order valence-electron chi connectivity index (χ3n) is 3.83. The van der Waals surface area contributed by atoms with Gasteiger partial charge in [0.1, 0.15) is 0 Å². The summed E-state index contributed by atoms with van der Waals surface area (Å²) < 4.78 is 0. The van der Waals surface area contributed by atoms with Crippen molar-refractivity contribution < 1.29 is 4.79 Å². The van der Waals surface area contributed by atoms with Crippen molar-refractivity contribution in [1.29, 1.82) is 0 Å². The van der Waals surface area contributed by atoms with Crippen LogP contribution in [-0.4, -0.2) is 28.9 Å². The minimum absolute atomic E-state index is 0.205. The van der Waals surface area contributed by atoms with Crippen molar-refractivity contribution in [2.75, 3.05) is 6.54 Å². The molecule has 0 unspecified atom stereocenters. The van der Waals surface area contributed by atoms with Crippen molar-refractivity contribution in [2.45, 2.75) is 63.5 Å². The van der Waals surface area contributed by atoms with Gasteiger partial charge in [-0.15, -0.1) is 0 Å². The SMILES string of the molecule is CCN(C(=O)C1(N)CC1)C1CCCCC1. The Bertz CT molecular complexity index is 242. The molecule has 0 atom stereocenters. The summed E-state index contributed by atoms with van der Waals surface area (Å²) in [6.07, 6.45) is 7.99. The summed E-state index contributed by atoms with van der Waals surface area (Å²) in [5.74, 6) is 0.205. The van der Waals surface area contributed by atoms with E-state index in [1.54, 1.807) is 0 Å². The zero-order chi connectivity index (χ0) is 10.9. The molecular weight excluding hydrogens is 188 g/mol. The number of amides is 1. The van der Waals surface area contributed by atoms with Crippen LogP contribution in [0.4, 0.5) is 0 Å². The van der Waals surface area contributed by atoms with E-state index in [1.165, 1.54) is 32.1 Å². The van der Waals surface area contributed by atoms with Crippen LogP contribution in [0.5, 0.6) is 0 Å². The number of nitrogens with zero attached hydrogens (tertiary/aromatic N) is 1. The predicted octanol–water partition coefficient (Wildman–Crippen LogP) is 1.66. The van der Waals surface area contributed by atoms with Crippen LogP contribution in [0.25, 0.3) is 0 Å². The van der Waals surface area contributed by atoms with E-state index in [2.05, 4.69) is 6.92 Å². The Hall–Kier alpha value is -0.570. The Morgan fingerprint density at radius 3 is 2.40 bits per heavy atom. The van der Waals surface area contributed by atoms with Gasteiger partial charge in [0.05, 0.1) is 5.54 Å². The number of carbonyl (C=O) groups excluding carboxylic acids is 1. The van der Waals surface area contributed by atoms with Gasteiger partial charge in [0.15, 0.2) is 0 Å². The Kier molecular flexibility index (Phi) is 3.01. The van der Waals surface area contributed by atoms with Gasteiger partial charge in [0.2, 0.25) is 5.91 Å². The molecule has 0 bridgehead atoms. The normalized spacial score (nSPS) is 24.9. The van der Waals surface area contributed by atoms with Crippen molar-refractivity contribution >= 4 is 5.91 Å². The first-order valence-electron chi connectivity index (χ1n) is 6.27. The van der Waals surface area contributed by atoms with Crippen molar-refractivity contribution in [3.05, 3.63) is 0 Å². The quantitative estimate of drug-likeness (QED) is 0.770. The van der Waals surface area contributed by atoms with E-state index >= 15 is 0 Å². The van der Waals surface area contributed by atoms with Crippen molar-refractivity contribution in [3.8, 4) is 0 Å². The van der Waals surface area contributed by atoms with Gasteiger partial charge in [-0.05, 0) is 32.6 Å². The van der Waals surface area contributed by atoms with Crippen LogP contribution >= 0.6 is 0 Å². The molecule has 3 nitrogen and oxygen atoms in total. The van der Waals surface area contributed by atoms with Gasteiger partial charge in [0.25, 0.3) is 0 Å². The molecule has 0 heterocycles. The van der Waals surface area contributed by atoms with E-state index in [0.29, 0.717) is 6.04 Å². The highest BCUT2D eigenvalue weighted by molar-refractivity contribution is 5.89. The summed E-state index contributed by atoms with van der Waals surface area (Å²) in [5, 5.41) is 0. The molecule has 1 amide bonds. The second kappa shape index (κ2) is 4.12. The third-order valence-corrected chi connectivity index (χ3v) is 3.83. The van der Waals surface area contributed by atoms with E-state index in [4.69, 9.17) is 5.73 Å². The lowest BCUT2D eigenvalue weighted by molar-refractivity contribution is -0.136. The number of hydrogen-bond acceptors (Lipinski definition) is 2. The van der Waals surface area contributed by atoms with E-state index in [1.807, 2.05) is 4.90 Å². The number of rotatable bonds is 3. The standard InChI is InChI=1S/C12H22N2O/c1-2-14(10-6-4-3-5-7-10)11(15)12(13)8-9-12/h10H,2-9,13H2,1H3. The summed E-state index contributed by atoms with van der Waals surface area (Å²) in [4.78, 5) is 14.2. The second-order valence-corrected chi connectivity index (χ2v) is 5.04. The summed E-state index contributed by atoms with van der Waals surface area (Å²) >= 11 is 0. The summed E-state index contributed by atoms with van der Waals surface area (Å²) in [6.45, 7) is 2.89. The van der Waals surface area contributed by atoms with Gasteiger partial charge in [-0.25, -0.2) is 0 Å². The highest BCUT2D eigenvalue weighted by Gasteiger charge is 2.48. The smallest absolute Gasteiger partial charge is 0.242 e. The summed E-state index contributed by atoms with van der Waals surface area (Å²) in [6, 6.07) is 0.470. The molecule has 2 N–H and O–H groups in total. The molecule has 0 aromatic heterocycles. The lowest BCUT2D eigenvalue weighted by atomic mass is 9.93. The molecule has 2 saturated carbocycles. The number of carbonyl (C=O) groups is 1. The molecule has 0 saturated heterocycles. The van der Waals surface area contributed by atoms with Crippen LogP contribution in [0, 0.1) is 0 Å². The largest absolute Gasteiger partial charge is 0.338 e. The Morgan fingerprint density at radius 1 is 1.33 bits per heavy atom. The zero-order valence-electron chi connectivity index (χ0n) is 9.67. The van der Waals surface area contributed by atoms with Gasteiger partial charge in [-0.2, -0.15) is 0 Å². The number of hydrogen-bond donors (Lipinski definition) is 1. The maximum atomic E-state index is 12.2. The number of nitrogens with two attached hydrogens (primary N) is 1. The molecule has 2 fully saturated rings. The van der Waals surface area contributed by atoms with Gasteiger partial charge < -0.3 is 10.6 Å². The lowest BCUT2D eigenvalue weighted by Gasteiger charge is -2.35. The fourth-order valence-electron chi connectivity index (χ4n) is 2.59. The van der Waals surface area contributed by atoms with Gasteiger partial charge in [0, 0.05) is 12.6 Å². The molecular formula is C12H22N2O. The Balaban J connectivity index is 1.99. The van der Waals surface area contributed by atoms with Crippen LogP contribution < -0.4 is 5.73 Å². The molecule has 3 heteroatoms. The Morgan fingerprint density at radius 2 is 1.93 bits per heavy atom. The first kappa shape index (κ1) is 10.9. The average Bonchev–Trinajstić information content (AvgIpc) is 3.00. The molecule has 0 radical (unpaired) electrons. The molecule has 2 aliphatic carbocycles. The third kappa shape index (κ3) is 2.17. The molecule has 2 aliphatic rings. The van der Waals surface area contributed by atoms with E-state index in [0.717, 1.165) is 19.4 Å². The molecule has 15 heavy (non-hydrogen) atoms. The van der Waals surface area contributed by atoms with E-state index in [9.17, 15) is 4.79 Å².